The lowest BCUT2D eigenvalue weighted by atomic mass is 10.1. The molecule has 0 unspecified atom stereocenters. The minimum Gasteiger partial charge on any atom is -0.321 e. The molecule has 2 bridgehead atoms. The van der Waals surface area contributed by atoms with Crippen LogP contribution in [-0.2, 0) is 11.2 Å². The van der Waals surface area contributed by atoms with Crippen molar-refractivity contribution in [3.05, 3.63) is 29.8 Å². The van der Waals surface area contributed by atoms with E-state index in [9.17, 15) is 4.79 Å². The number of piperazine rings is 3. The molecule has 4 heteroatoms. The van der Waals surface area contributed by atoms with Crippen LogP contribution in [0.2, 0.25) is 0 Å². The zero-order valence-electron chi connectivity index (χ0n) is 13.1. The molecule has 21 heavy (non-hydrogen) atoms. The molecule has 1 amide bonds. The Labute approximate surface area is 127 Å². The molecule has 1 N–H and O–H groups in total. The van der Waals surface area contributed by atoms with Crippen LogP contribution >= 0.6 is 0 Å². The van der Waals surface area contributed by atoms with Gasteiger partial charge in [0.1, 0.15) is 0 Å². The average Bonchev–Trinajstić information content (AvgIpc) is 2.56. The summed E-state index contributed by atoms with van der Waals surface area (Å²) in [6.45, 7) is 11.0. The monoisotopic (exact) mass is 288 g/mol. The highest BCUT2D eigenvalue weighted by Crippen LogP contribution is 2.24. The Bertz CT molecular complexity index is 489. The minimum absolute atomic E-state index is 0.0401. The number of anilines is 1. The number of nitrogens with zero attached hydrogens (tertiary/aromatic N) is 2. The number of quaternary nitrogens is 1. The zero-order chi connectivity index (χ0) is 14.9. The summed E-state index contributed by atoms with van der Waals surface area (Å²) in [6, 6.07) is 8.24. The molecule has 1 aromatic rings. The molecule has 114 valence electrons. The average molecular weight is 288 g/mol. The van der Waals surface area contributed by atoms with Crippen molar-refractivity contribution >= 4 is 11.6 Å². The largest absolute Gasteiger partial charge is 0.321 e. The first-order chi connectivity index (χ1) is 10.1. The highest BCUT2D eigenvalue weighted by Gasteiger charge is 2.45. The number of hydrogen-bond acceptors (Lipinski definition) is 2. The van der Waals surface area contributed by atoms with Gasteiger partial charge in [-0.2, -0.15) is 0 Å². The van der Waals surface area contributed by atoms with E-state index < -0.39 is 0 Å². The van der Waals surface area contributed by atoms with Crippen LogP contribution in [0.25, 0.3) is 0 Å². The molecule has 3 aliphatic rings. The van der Waals surface area contributed by atoms with Gasteiger partial charge in [0.05, 0.1) is 19.6 Å². The molecule has 0 aromatic heterocycles. The molecule has 3 saturated heterocycles. The van der Waals surface area contributed by atoms with Gasteiger partial charge in [-0.1, -0.05) is 19.1 Å². The Morgan fingerprint density at radius 3 is 2.29 bits per heavy atom. The molecule has 0 radical (unpaired) electrons. The molecule has 3 aliphatic heterocycles. The van der Waals surface area contributed by atoms with E-state index in [2.05, 4.69) is 36.2 Å². The summed E-state index contributed by atoms with van der Waals surface area (Å²) in [5, 5.41) is 3.10. The number of amides is 1. The standard InChI is InChI=1S/C17H25N3O/c1-3-15-4-6-16(7-5-15)18-17(21)14(2)20-11-8-19(9-12-20)10-13-20/h4-7,14H,3,8-13H2,1-2H3/p+1/t14-/m1/s1. The minimum atomic E-state index is 0.0401. The van der Waals surface area contributed by atoms with Gasteiger partial charge in [-0.15, -0.1) is 0 Å². The van der Waals surface area contributed by atoms with Gasteiger partial charge in [0, 0.05) is 25.3 Å². The Hall–Kier alpha value is -1.39. The van der Waals surface area contributed by atoms with E-state index in [1.54, 1.807) is 0 Å². The number of carbonyl (C=O) groups is 1. The lowest BCUT2D eigenvalue weighted by Crippen LogP contribution is -2.72. The van der Waals surface area contributed by atoms with Gasteiger partial charge < -0.3 is 9.80 Å². The molecule has 0 aliphatic carbocycles. The fraction of sp³-hybridized carbons (Fsp3) is 0.588. The molecular weight excluding hydrogens is 262 g/mol. The topological polar surface area (TPSA) is 32.3 Å². The summed E-state index contributed by atoms with van der Waals surface area (Å²) < 4.78 is 0.968. The lowest BCUT2D eigenvalue weighted by Gasteiger charge is -2.52. The van der Waals surface area contributed by atoms with Crippen molar-refractivity contribution in [3.63, 3.8) is 0 Å². The second kappa shape index (κ2) is 5.78. The number of rotatable bonds is 4. The van der Waals surface area contributed by atoms with Crippen LogP contribution < -0.4 is 5.32 Å². The van der Waals surface area contributed by atoms with Crippen molar-refractivity contribution in [2.75, 3.05) is 44.6 Å². The van der Waals surface area contributed by atoms with Crippen molar-refractivity contribution in [2.45, 2.75) is 26.3 Å². The van der Waals surface area contributed by atoms with Gasteiger partial charge in [0.25, 0.3) is 5.91 Å². The zero-order valence-corrected chi connectivity index (χ0v) is 13.1. The van der Waals surface area contributed by atoms with Gasteiger partial charge in [-0.05, 0) is 31.0 Å². The lowest BCUT2D eigenvalue weighted by molar-refractivity contribution is -0.953. The number of benzene rings is 1. The van der Waals surface area contributed by atoms with Gasteiger partial charge in [0.15, 0.2) is 6.04 Å². The first kappa shape index (κ1) is 14.5. The van der Waals surface area contributed by atoms with Crippen molar-refractivity contribution in [1.82, 2.24) is 4.90 Å². The van der Waals surface area contributed by atoms with Gasteiger partial charge >= 0.3 is 0 Å². The molecule has 3 heterocycles. The summed E-state index contributed by atoms with van der Waals surface area (Å²) >= 11 is 0. The van der Waals surface area contributed by atoms with E-state index in [4.69, 9.17) is 0 Å². The van der Waals surface area contributed by atoms with Crippen molar-refractivity contribution in [3.8, 4) is 0 Å². The van der Waals surface area contributed by atoms with Gasteiger partial charge in [0.2, 0.25) is 0 Å². The van der Waals surface area contributed by atoms with Crippen LogP contribution in [0, 0.1) is 0 Å². The quantitative estimate of drug-likeness (QED) is 0.856. The van der Waals surface area contributed by atoms with E-state index in [-0.39, 0.29) is 11.9 Å². The molecule has 4 rings (SSSR count). The number of nitrogens with one attached hydrogen (secondary N) is 1. The maximum Gasteiger partial charge on any atom is 0.282 e. The van der Waals surface area contributed by atoms with Crippen LogP contribution in [-0.4, -0.2) is 60.6 Å². The molecule has 4 nitrogen and oxygen atoms in total. The van der Waals surface area contributed by atoms with Crippen molar-refractivity contribution < 1.29 is 9.28 Å². The highest BCUT2D eigenvalue weighted by atomic mass is 16.2. The smallest absolute Gasteiger partial charge is 0.282 e. The SMILES string of the molecule is CCc1ccc(NC(=O)[C@@H](C)[N+]23CCN(CC2)CC3)cc1. The fourth-order valence-electron chi connectivity index (χ4n) is 3.59. The highest BCUT2D eigenvalue weighted by molar-refractivity contribution is 5.93. The summed E-state index contributed by atoms with van der Waals surface area (Å²) in [6.07, 6.45) is 1.03. The van der Waals surface area contributed by atoms with E-state index in [0.717, 1.165) is 55.9 Å². The predicted octanol–water partition coefficient (Wildman–Crippen LogP) is 1.72. The van der Waals surface area contributed by atoms with Crippen molar-refractivity contribution in [1.29, 1.82) is 0 Å². The summed E-state index contributed by atoms with van der Waals surface area (Å²) in [4.78, 5) is 15.1. The van der Waals surface area contributed by atoms with Crippen LogP contribution in [0.5, 0.6) is 0 Å². The maximum absolute atomic E-state index is 12.6. The van der Waals surface area contributed by atoms with Gasteiger partial charge in [-0.3, -0.25) is 9.69 Å². The summed E-state index contributed by atoms with van der Waals surface area (Å²) in [5.74, 6) is 0.162. The van der Waals surface area contributed by atoms with Crippen LogP contribution in [0.3, 0.4) is 0 Å². The molecule has 1 aromatic carbocycles. The molecule has 1 atom stereocenters. The number of fused-ring (bicyclic) bond motifs is 3. The van der Waals surface area contributed by atoms with E-state index >= 15 is 0 Å². The normalized spacial score (nSPS) is 29.1. The Kier molecular flexibility index (Phi) is 4.00. The van der Waals surface area contributed by atoms with Crippen molar-refractivity contribution in [2.24, 2.45) is 0 Å². The Balaban J connectivity index is 1.66. The second-order valence-corrected chi connectivity index (χ2v) is 6.45. The Morgan fingerprint density at radius 1 is 1.19 bits per heavy atom. The summed E-state index contributed by atoms with van der Waals surface area (Å²) in [7, 11) is 0. The number of hydrogen-bond donors (Lipinski definition) is 1. The third kappa shape index (κ3) is 2.83. The van der Waals surface area contributed by atoms with E-state index in [1.807, 2.05) is 12.1 Å². The number of aryl methyl sites for hydroxylation is 1. The van der Waals surface area contributed by atoms with Gasteiger partial charge in [-0.25, -0.2) is 0 Å². The van der Waals surface area contributed by atoms with E-state index in [0.29, 0.717) is 0 Å². The van der Waals surface area contributed by atoms with Crippen LogP contribution in [0.4, 0.5) is 5.69 Å². The first-order valence-corrected chi connectivity index (χ1v) is 8.11. The third-order valence-corrected chi connectivity index (χ3v) is 5.42. The van der Waals surface area contributed by atoms with Crippen LogP contribution in [0.1, 0.15) is 19.4 Å². The first-order valence-electron chi connectivity index (χ1n) is 8.11. The van der Waals surface area contributed by atoms with E-state index in [1.165, 1.54) is 5.56 Å². The maximum atomic E-state index is 12.6. The second-order valence-electron chi connectivity index (χ2n) is 6.45. The molecule has 3 fully saturated rings. The number of carbonyl (C=O) groups excluding carboxylic acids is 1. The molecule has 0 saturated carbocycles. The van der Waals surface area contributed by atoms with Crippen LogP contribution in [0.15, 0.2) is 24.3 Å². The summed E-state index contributed by atoms with van der Waals surface area (Å²) in [5.41, 5.74) is 2.22. The molecular formula is C17H26N3O+. The third-order valence-electron chi connectivity index (χ3n) is 5.42. The molecule has 0 spiro atoms. The fourth-order valence-corrected chi connectivity index (χ4v) is 3.59. The predicted molar refractivity (Wildman–Crippen MR) is 85.2 cm³/mol. The Morgan fingerprint density at radius 2 is 1.76 bits per heavy atom.